The van der Waals surface area contributed by atoms with Crippen molar-refractivity contribution in [1.82, 2.24) is 0 Å². The largest absolute Gasteiger partial charge is 0.504 e. The molecule has 0 aliphatic carbocycles. The van der Waals surface area contributed by atoms with Crippen LogP contribution in [0.4, 0.5) is 0 Å². The number of phenolic OH excluding ortho intramolecular Hbond substituents is 1. The molecule has 0 fully saturated rings. The number of aliphatic carboxylic acids is 1. The van der Waals surface area contributed by atoms with Gasteiger partial charge in [-0.05, 0) is 56.9 Å². The van der Waals surface area contributed by atoms with Gasteiger partial charge in [-0.3, -0.25) is 4.79 Å². The van der Waals surface area contributed by atoms with Crippen molar-refractivity contribution in [3.8, 4) is 11.5 Å². The molecule has 18 heavy (non-hydrogen) atoms. The SMILES string of the molecule is COc1c(C)c(C(C)(C)C(=O)O)c(C)c(C)c1O. The number of carboxylic acids is 1. The van der Waals surface area contributed by atoms with Gasteiger partial charge >= 0.3 is 5.97 Å². The molecule has 1 aromatic rings. The van der Waals surface area contributed by atoms with Gasteiger partial charge in [-0.25, -0.2) is 0 Å². The molecule has 1 rings (SSSR count). The van der Waals surface area contributed by atoms with E-state index < -0.39 is 11.4 Å². The highest BCUT2D eigenvalue weighted by Gasteiger charge is 2.35. The Morgan fingerprint density at radius 1 is 1.11 bits per heavy atom. The standard InChI is InChI=1S/C14H20O4/c1-7-8(2)11(15)12(18-6)9(3)10(7)14(4,5)13(16)17/h15H,1-6H3,(H,16,17). The van der Waals surface area contributed by atoms with E-state index in [1.165, 1.54) is 7.11 Å². The van der Waals surface area contributed by atoms with Crippen LogP contribution < -0.4 is 4.74 Å². The highest BCUT2D eigenvalue weighted by molar-refractivity contribution is 5.82. The first kappa shape index (κ1) is 14.4. The average Bonchev–Trinajstić information content (AvgIpc) is 2.26. The number of benzene rings is 1. The van der Waals surface area contributed by atoms with Crippen LogP contribution in [0.1, 0.15) is 36.1 Å². The zero-order chi connectivity index (χ0) is 14.2. The van der Waals surface area contributed by atoms with Crippen LogP contribution in [0.5, 0.6) is 11.5 Å². The van der Waals surface area contributed by atoms with Crippen LogP contribution >= 0.6 is 0 Å². The molecule has 0 saturated carbocycles. The lowest BCUT2D eigenvalue weighted by atomic mass is 9.77. The Labute approximate surface area is 107 Å². The van der Waals surface area contributed by atoms with E-state index >= 15 is 0 Å². The van der Waals surface area contributed by atoms with E-state index in [2.05, 4.69) is 0 Å². The highest BCUT2D eigenvalue weighted by Crippen LogP contribution is 2.42. The fourth-order valence-electron chi connectivity index (χ4n) is 2.40. The van der Waals surface area contributed by atoms with Gasteiger partial charge in [0.15, 0.2) is 11.5 Å². The lowest BCUT2D eigenvalue weighted by Crippen LogP contribution is -2.31. The maximum absolute atomic E-state index is 11.4. The molecule has 1 aromatic carbocycles. The number of rotatable bonds is 3. The summed E-state index contributed by atoms with van der Waals surface area (Å²) < 4.78 is 5.18. The Balaban J connectivity index is 3.75. The number of ether oxygens (including phenoxy) is 1. The predicted octanol–water partition coefficient (Wildman–Crippen LogP) is 2.69. The molecule has 4 heteroatoms. The van der Waals surface area contributed by atoms with Crippen molar-refractivity contribution in [1.29, 1.82) is 0 Å². The van der Waals surface area contributed by atoms with Crippen LogP contribution in [0.2, 0.25) is 0 Å². The van der Waals surface area contributed by atoms with E-state index in [4.69, 9.17) is 4.74 Å². The predicted molar refractivity (Wildman–Crippen MR) is 69.5 cm³/mol. The van der Waals surface area contributed by atoms with Crippen molar-refractivity contribution in [2.45, 2.75) is 40.0 Å². The summed E-state index contributed by atoms with van der Waals surface area (Å²) in [5, 5.41) is 19.4. The zero-order valence-corrected chi connectivity index (χ0v) is 11.7. The van der Waals surface area contributed by atoms with Crippen LogP contribution in [0.15, 0.2) is 0 Å². The van der Waals surface area contributed by atoms with Gasteiger partial charge in [0.1, 0.15) is 0 Å². The number of carbonyl (C=O) groups is 1. The van der Waals surface area contributed by atoms with Crippen LogP contribution in [-0.4, -0.2) is 23.3 Å². The minimum Gasteiger partial charge on any atom is -0.504 e. The van der Waals surface area contributed by atoms with E-state index in [-0.39, 0.29) is 5.75 Å². The summed E-state index contributed by atoms with van der Waals surface area (Å²) in [7, 11) is 1.47. The van der Waals surface area contributed by atoms with E-state index in [1.807, 2.05) is 6.92 Å². The number of aromatic hydroxyl groups is 1. The van der Waals surface area contributed by atoms with Crippen molar-refractivity contribution >= 4 is 5.97 Å². The van der Waals surface area contributed by atoms with Gasteiger partial charge in [0.05, 0.1) is 12.5 Å². The molecule has 2 N–H and O–H groups in total. The third kappa shape index (κ3) is 1.92. The zero-order valence-electron chi connectivity index (χ0n) is 11.7. The van der Waals surface area contributed by atoms with Gasteiger partial charge in [0.25, 0.3) is 0 Å². The molecule has 0 unspecified atom stereocenters. The van der Waals surface area contributed by atoms with E-state index in [9.17, 15) is 15.0 Å². The summed E-state index contributed by atoms with van der Waals surface area (Å²) >= 11 is 0. The molecule has 0 heterocycles. The van der Waals surface area contributed by atoms with Crippen molar-refractivity contribution in [3.63, 3.8) is 0 Å². The minimum atomic E-state index is -1.03. The summed E-state index contributed by atoms with van der Waals surface area (Å²) in [4.78, 5) is 11.4. The molecule has 100 valence electrons. The Hall–Kier alpha value is -1.71. The summed E-state index contributed by atoms with van der Waals surface area (Å²) in [6.07, 6.45) is 0. The Bertz CT molecular complexity index is 501. The van der Waals surface area contributed by atoms with E-state index in [0.717, 1.165) is 5.56 Å². The van der Waals surface area contributed by atoms with Gasteiger partial charge in [-0.15, -0.1) is 0 Å². The van der Waals surface area contributed by atoms with Crippen molar-refractivity contribution < 1.29 is 19.7 Å². The van der Waals surface area contributed by atoms with Gasteiger partial charge < -0.3 is 14.9 Å². The number of hydrogen-bond donors (Lipinski definition) is 2. The van der Waals surface area contributed by atoms with Crippen molar-refractivity contribution in [3.05, 3.63) is 22.3 Å². The molecule has 0 bridgehead atoms. The lowest BCUT2D eigenvalue weighted by Gasteiger charge is -2.27. The molecule has 0 aromatic heterocycles. The fourth-order valence-corrected chi connectivity index (χ4v) is 2.40. The summed E-state index contributed by atoms with van der Waals surface area (Å²) in [5.41, 5.74) is 1.78. The summed E-state index contributed by atoms with van der Waals surface area (Å²) in [6.45, 7) is 8.65. The molecule has 0 aliphatic rings. The first-order valence-corrected chi connectivity index (χ1v) is 5.76. The third-order valence-electron chi connectivity index (χ3n) is 3.59. The number of hydrogen-bond acceptors (Lipinski definition) is 3. The molecular weight excluding hydrogens is 232 g/mol. The molecular formula is C14H20O4. The quantitative estimate of drug-likeness (QED) is 0.868. The Morgan fingerprint density at radius 3 is 2.00 bits per heavy atom. The van der Waals surface area contributed by atoms with Crippen molar-refractivity contribution in [2.75, 3.05) is 7.11 Å². The molecule has 0 aliphatic heterocycles. The first-order valence-electron chi connectivity index (χ1n) is 5.76. The Morgan fingerprint density at radius 2 is 1.61 bits per heavy atom. The maximum atomic E-state index is 11.4. The van der Waals surface area contributed by atoms with Gasteiger partial charge in [0.2, 0.25) is 0 Å². The molecule has 0 saturated heterocycles. The molecule has 4 nitrogen and oxygen atoms in total. The van der Waals surface area contributed by atoms with Gasteiger partial charge in [0, 0.05) is 0 Å². The second-order valence-corrected chi connectivity index (χ2v) is 5.06. The second kappa shape index (κ2) is 4.52. The monoisotopic (exact) mass is 252 g/mol. The summed E-state index contributed by atoms with van der Waals surface area (Å²) in [5.74, 6) is -0.472. The smallest absolute Gasteiger partial charge is 0.313 e. The molecule has 0 radical (unpaired) electrons. The van der Waals surface area contributed by atoms with E-state index in [0.29, 0.717) is 22.4 Å². The second-order valence-electron chi connectivity index (χ2n) is 5.06. The van der Waals surface area contributed by atoms with Crippen LogP contribution in [0, 0.1) is 20.8 Å². The molecule has 0 atom stereocenters. The van der Waals surface area contributed by atoms with Crippen molar-refractivity contribution in [2.24, 2.45) is 0 Å². The van der Waals surface area contributed by atoms with Gasteiger partial charge in [-0.1, -0.05) is 0 Å². The minimum absolute atomic E-state index is 0.0810. The normalized spacial score (nSPS) is 11.4. The van der Waals surface area contributed by atoms with Crippen LogP contribution in [0.3, 0.4) is 0 Å². The molecule has 0 spiro atoms. The number of methoxy groups -OCH3 is 1. The topological polar surface area (TPSA) is 66.8 Å². The first-order chi connectivity index (χ1) is 8.16. The van der Waals surface area contributed by atoms with Crippen LogP contribution in [-0.2, 0) is 10.2 Å². The Kier molecular flexibility index (Phi) is 3.60. The number of phenols is 1. The third-order valence-corrected chi connectivity index (χ3v) is 3.59. The maximum Gasteiger partial charge on any atom is 0.313 e. The van der Waals surface area contributed by atoms with Crippen LogP contribution in [0.25, 0.3) is 0 Å². The number of carboxylic acid groups (broad SMARTS) is 1. The van der Waals surface area contributed by atoms with Gasteiger partial charge in [-0.2, -0.15) is 0 Å². The highest BCUT2D eigenvalue weighted by atomic mass is 16.5. The summed E-state index contributed by atoms with van der Waals surface area (Å²) in [6, 6.07) is 0. The lowest BCUT2D eigenvalue weighted by molar-refractivity contribution is -0.142. The fraction of sp³-hybridized carbons (Fsp3) is 0.500. The molecule has 0 amide bonds. The van der Waals surface area contributed by atoms with E-state index in [1.54, 1.807) is 27.7 Å². The average molecular weight is 252 g/mol.